The maximum atomic E-state index is 4.69. The molecule has 22 heavy (non-hydrogen) atoms. The summed E-state index contributed by atoms with van der Waals surface area (Å²) in [6.07, 6.45) is 4.58. The maximum absolute atomic E-state index is 4.69. The highest BCUT2D eigenvalue weighted by Crippen LogP contribution is 2.31. The van der Waals surface area contributed by atoms with Gasteiger partial charge in [0.1, 0.15) is 0 Å². The molecule has 0 aliphatic carbocycles. The summed E-state index contributed by atoms with van der Waals surface area (Å²) < 4.78 is 0. The molecule has 2 bridgehead atoms. The van der Waals surface area contributed by atoms with Gasteiger partial charge in [-0.1, -0.05) is 30.3 Å². The zero-order valence-corrected chi connectivity index (χ0v) is 13.2. The Hall–Kier alpha value is -1.87. The molecule has 2 aromatic rings. The van der Waals surface area contributed by atoms with Crippen LogP contribution in [0.2, 0.25) is 0 Å². The Kier molecular flexibility index (Phi) is 3.59. The van der Waals surface area contributed by atoms with Crippen molar-refractivity contribution in [1.82, 2.24) is 9.88 Å². The zero-order valence-electron chi connectivity index (χ0n) is 13.2. The molecule has 1 aromatic heterocycles. The zero-order chi connectivity index (χ0) is 14.9. The molecule has 0 saturated carbocycles. The van der Waals surface area contributed by atoms with E-state index >= 15 is 0 Å². The van der Waals surface area contributed by atoms with Gasteiger partial charge in [0.2, 0.25) is 0 Å². The standard InChI is InChI=1S/C19H23N3/c1-15-19(22-12-11-21-9-7-18(22)8-10-21)13-17(14-20-15)16-5-3-2-4-6-16/h2-6,13-14,18H,7-12H2,1H3. The molecular weight excluding hydrogens is 270 g/mol. The van der Waals surface area contributed by atoms with Crippen LogP contribution in [-0.4, -0.2) is 42.1 Å². The van der Waals surface area contributed by atoms with Gasteiger partial charge in [0, 0.05) is 44.0 Å². The molecular formula is C19H23N3. The van der Waals surface area contributed by atoms with Crippen LogP contribution in [0, 0.1) is 6.92 Å². The molecule has 0 atom stereocenters. The third kappa shape index (κ3) is 2.50. The van der Waals surface area contributed by atoms with Gasteiger partial charge in [-0.05, 0) is 31.4 Å². The van der Waals surface area contributed by atoms with Crippen molar-refractivity contribution >= 4 is 5.69 Å². The van der Waals surface area contributed by atoms with Gasteiger partial charge >= 0.3 is 0 Å². The summed E-state index contributed by atoms with van der Waals surface area (Å²) >= 11 is 0. The van der Waals surface area contributed by atoms with E-state index in [1.165, 1.54) is 49.3 Å². The molecule has 0 radical (unpaired) electrons. The second kappa shape index (κ2) is 5.73. The highest BCUT2D eigenvalue weighted by Gasteiger charge is 2.30. The third-order valence-electron chi connectivity index (χ3n) is 5.13. The number of hydrogen-bond donors (Lipinski definition) is 0. The van der Waals surface area contributed by atoms with Gasteiger partial charge in [-0.3, -0.25) is 4.98 Å². The second-order valence-electron chi connectivity index (χ2n) is 6.46. The highest BCUT2D eigenvalue weighted by atomic mass is 15.3. The van der Waals surface area contributed by atoms with Crippen LogP contribution in [0.3, 0.4) is 0 Å². The highest BCUT2D eigenvalue weighted by molar-refractivity contribution is 5.68. The van der Waals surface area contributed by atoms with Crippen LogP contribution in [0.15, 0.2) is 42.6 Å². The van der Waals surface area contributed by atoms with Crippen molar-refractivity contribution in [2.24, 2.45) is 0 Å². The van der Waals surface area contributed by atoms with Crippen LogP contribution in [0.4, 0.5) is 5.69 Å². The lowest BCUT2D eigenvalue weighted by Crippen LogP contribution is -2.38. The summed E-state index contributed by atoms with van der Waals surface area (Å²) in [5.41, 5.74) is 4.95. The van der Waals surface area contributed by atoms with Gasteiger partial charge < -0.3 is 9.80 Å². The minimum absolute atomic E-state index is 0.685. The van der Waals surface area contributed by atoms with Crippen molar-refractivity contribution in [1.29, 1.82) is 0 Å². The van der Waals surface area contributed by atoms with Gasteiger partial charge in [-0.15, -0.1) is 0 Å². The molecule has 3 heteroatoms. The largest absolute Gasteiger partial charge is 0.366 e. The van der Waals surface area contributed by atoms with Crippen molar-refractivity contribution in [3.8, 4) is 11.1 Å². The molecule has 3 aliphatic rings. The Morgan fingerprint density at radius 2 is 1.73 bits per heavy atom. The summed E-state index contributed by atoms with van der Waals surface area (Å²) in [7, 11) is 0. The molecule has 0 N–H and O–H groups in total. The third-order valence-corrected chi connectivity index (χ3v) is 5.13. The minimum atomic E-state index is 0.685. The molecule has 3 saturated heterocycles. The lowest BCUT2D eigenvalue weighted by atomic mass is 10.0. The van der Waals surface area contributed by atoms with E-state index in [1.807, 2.05) is 6.20 Å². The molecule has 3 fully saturated rings. The fourth-order valence-corrected chi connectivity index (χ4v) is 3.80. The van der Waals surface area contributed by atoms with Crippen LogP contribution in [0.1, 0.15) is 18.5 Å². The molecule has 3 aliphatic heterocycles. The van der Waals surface area contributed by atoms with Gasteiger partial charge in [0.05, 0.1) is 11.4 Å². The monoisotopic (exact) mass is 293 g/mol. The van der Waals surface area contributed by atoms with Crippen molar-refractivity contribution in [2.75, 3.05) is 31.1 Å². The average molecular weight is 293 g/mol. The SMILES string of the molecule is Cc1ncc(-c2ccccc2)cc1N1CCN2CCC1CC2. The number of hydrogen-bond acceptors (Lipinski definition) is 3. The number of anilines is 1. The normalized spacial score (nSPS) is 24.3. The fourth-order valence-electron chi connectivity index (χ4n) is 3.80. The summed E-state index contributed by atoms with van der Waals surface area (Å²) in [4.78, 5) is 9.90. The maximum Gasteiger partial charge on any atom is 0.0606 e. The van der Waals surface area contributed by atoms with E-state index in [9.17, 15) is 0 Å². The summed E-state index contributed by atoms with van der Waals surface area (Å²) in [6.45, 7) is 6.97. The van der Waals surface area contributed by atoms with Crippen molar-refractivity contribution in [3.05, 3.63) is 48.3 Å². The van der Waals surface area contributed by atoms with E-state index < -0.39 is 0 Å². The number of nitrogens with zero attached hydrogens (tertiary/aromatic N) is 3. The van der Waals surface area contributed by atoms with E-state index in [4.69, 9.17) is 0 Å². The first-order chi connectivity index (χ1) is 10.8. The molecule has 3 nitrogen and oxygen atoms in total. The molecule has 0 amide bonds. The molecule has 5 rings (SSSR count). The number of benzene rings is 1. The molecule has 114 valence electrons. The lowest BCUT2D eigenvalue weighted by Gasteiger charge is -2.33. The Bertz CT molecular complexity index is 645. The first kappa shape index (κ1) is 13.8. The van der Waals surface area contributed by atoms with Crippen LogP contribution < -0.4 is 4.90 Å². The number of piperidine rings is 1. The summed E-state index contributed by atoms with van der Waals surface area (Å²) in [5.74, 6) is 0. The first-order valence-corrected chi connectivity index (χ1v) is 8.32. The van der Waals surface area contributed by atoms with Gasteiger partial charge in [0.15, 0.2) is 0 Å². The van der Waals surface area contributed by atoms with Crippen LogP contribution in [-0.2, 0) is 0 Å². The van der Waals surface area contributed by atoms with Crippen molar-refractivity contribution in [3.63, 3.8) is 0 Å². The second-order valence-corrected chi connectivity index (χ2v) is 6.46. The summed E-state index contributed by atoms with van der Waals surface area (Å²) in [6, 6.07) is 13.6. The smallest absolute Gasteiger partial charge is 0.0606 e. The predicted molar refractivity (Wildman–Crippen MR) is 91.2 cm³/mol. The number of aromatic nitrogens is 1. The minimum Gasteiger partial charge on any atom is -0.366 e. The van der Waals surface area contributed by atoms with E-state index in [2.05, 4.69) is 58.1 Å². The van der Waals surface area contributed by atoms with Gasteiger partial charge in [0.25, 0.3) is 0 Å². The molecule has 4 heterocycles. The van der Waals surface area contributed by atoms with Crippen molar-refractivity contribution in [2.45, 2.75) is 25.8 Å². The van der Waals surface area contributed by atoms with E-state index in [0.717, 1.165) is 12.2 Å². The summed E-state index contributed by atoms with van der Waals surface area (Å²) in [5, 5.41) is 0. The van der Waals surface area contributed by atoms with Gasteiger partial charge in [-0.2, -0.15) is 0 Å². The lowest BCUT2D eigenvalue weighted by molar-refractivity contribution is 0.250. The van der Waals surface area contributed by atoms with Gasteiger partial charge in [-0.25, -0.2) is 0 Å². The average Bonchev–Trinajstić information content (AvgIpc) is 2.90. The number of rotatable bonds is 2. The number of pyridine rings is 1. The van der Waals surface area contributed by atoms with E-state index in [0.29, 0.717) is 6.04 Å². The quantitative estimate of drug-likeness (QED) is 0.846. The Balaban J connectivity index is 1.72. The Morgan fingerprint density at radius 3 is 2.50 bits per heavy atom. The van der Waals surface area contributed by atoms with Crippen molar-refractivity contribution < 1.29 is 0 Å². The fraction of sp³-hybridized carbons (Fsp3) is 0.421. The van der Waals surface area contributed by atoms with E-state index in [1.54, 1.807) is 0 Å². The number of fused-ring (bicyclic) bond motifs is 4. The molecule has 1 aromatic carbocycles. The van der Waals surface area contributed by atoms with Crippen LogP contribution in [0.5, 0.6) is 0 Å². The molecule has 0 unspecified atom stereocenters. The van der Waals surface area contributed by atoms with E-state index in [-0.39, 0.29) is 0 Å². The number of aryl methyl sites for hydroxylation is 1. The predicted octanol–water partition coefficient (Wildman–Crippen LogP) is 3.34. The Morgan fingerprint density at radius 1 is 0.955 bits per heavy atom. The van der Waals surface area contributed by atoms with Crippen LogP contribution in [0.25, 0.3) is 11.1 Å². The Labute approximate surface area is 132 Å². The topological polar surface area (TPSA) is 19.4 Å². The van der Waals surface area contributed by atoms with Crippen LogP contribution >= 0.6 is 0 Å². The first-order valence-electron chi connectivity index (χ1n) is 8.32. The molecule has 0 spiro atoms.